The van der Waals surface area contributed by atoms with Crippen molar-refractivity contribution in [2.45, 2.75) is 32.4 Å². The summed E-state index contributed by atoms with van der Waals surface area (Å²) in [7, 11) is -3.00. The fraction of sp³-hybridized carbons (Fsp3) is 0.571. The van der Waals surface area contributed by atoms with Gasteiger partial charge in [0.15, 0.2) is 9.84 Å². The fourth-order valence-electron chi connectivity index (χ4n) is 1.74. The first-order chi connectivity index (χ1) is 9.50. The monoisotopic (exact) mass is 317 g/mol. The first-order valence-corrected chi connectivity index (χ1v) is 9.05. The van der Waals surface area contributed by atoms with Crippen molar-refractivity contribution < 1.29 is 13.2 Å². The van der Waals surface area contributed by atoms with E-state index in [1.807, 2.05) is 12.1 Å². The number of rotatable bonds is 8. The molecule has 20 heavy (non-hydrogen) atoms. The standard InChI is InChI=1S/C14H20ClNO3S/c1-2-20(17,18)8-7-19-14-6-3-11(9-13(14)15)10-16-12-4-5-12/h3,6,9,12,16H,2,4-5,7-8,10H2,1H3. The second-order valence-corrected chi connectivity index (χ2v) is 7.88. The van der Waals surface area contributed by atoms with Gasteiger partial charge in [-0.25, -0.2) is 8.42 Å². The minimum absolute atomic E-state index is 0.0187. The number of ether oxygens (including phenoxy) is 1. The molecule has 0 aromatic heterocycles. The molecule has 1 aromatic rings. The molecule has 0 bridgehead atoms. The highest BCUT2D eigenvalue weighted by Gasteiger charge is 2.20. The lowest BCUT2D eigenvalue weighted by molar-refractivity contribution is 0.341. The molecule has 1 aliphatic carbocycles. The van der Waals surface area contributed by atoms with Crippen LogP contribution in [0.3, 0.4) is 0 Å². The summed E-state index contributed by atoms with van der Waals surface area (Å²) in [6, 6.07) is 6.26. The first-order valence-electron chi connectivity index (χ1n) is 6.85. The first kappa shape index (κ1) is 15.6. The smallest absolute Gasteiger partial charge is 0.153 e. The molecule has 1 fully saturated rings. The van der Waals surface area contributed by atoms with Crippen molar-refractivity contribution in [1.29, 1.82) is 0 Å². The molecule has 0 atom stereocenters. The molecular weight excluding hydrogens is 298 g/mol. The zero-order valence-electron chi connectivity index (χ0n) is 11.6. The summed E-state index contributed by atoms with van der Waals surface area (Å²) in [4.78, 5) is 0. The molecule has 0 amide bonds. The van der Waals surface area contributed by atoms with Crippen LogP contribution in [0.2, 0.25) is 5.02 Å². The number of halogens is 1. The third-order valence-electron chi connectivity index (χ3n) is 3.26. The van der Waals surface area contributed by atoms with E-state index in [4.69, 9.17) is 16.3 Å². The van der Waals surface area contributed by atoms with E-state index in [9.17, 15) is 8.42 Å². The molecule has 0 aliphatic heterocycles. The molecule has 1 aromatic carbocycles. The second-order valence-electron chi connectivity index (χ2n) is 5.00. The predicted molar refractivity (Wildman–Crippen MR) is 81.1 cm³/mol. The Kier molecular flexibility index (Phi) is 5.29. The van der Waals surface area contributed by atoms with Gasteiger partial charge in [-0.05, 0) is 30.5 Å². The molecule has 1 aliphatic rings. The van der Waals surface area contributed by atoms with E-state index in [0.29, 0.717) is 16.8 Å². The van der Waals surface area contributed by atoms with Crippen LogP contribution < -0.4 is 10.1 Å². The number of hydrogen-bond acceptors (Lipinski definition) is 4. The molecule has 0 unspecified atom stereocenters. The molecular formula is C14H20ClNO3S. The van der Waals surface area contributed by atoms with Gasteiger partial charge in [0.05, 0.1) is 10.8 Å². The van der Waals surface area contributed by atoms with Crippen molar-refractivity contribution >= 4 is 21.4 Å². The molecule has 0 saturated heterocycles. The van der Waals surface area contributed by atoms with Gasteiger partial charge in [-0.15, -0.1) is 0 Å². The lowest BCUT2D eigenvalue weighted by Gasteiger charge is -2.10. The maximum absolute atomic E-state index is 11.4. The molecule has 4 nitrogen and oxygen atoms in total. The Morgan fingerprint density at radius 1 is 1.40 bits per heavy atom. The average molecular weight is 318 g/mol. The summed E-state index contributed by atoms with van der Waals surface area (Å²) in [5.41, 5.74) is 1.11. The molecule has 2 rings (SSSR count). The second kappa shape index (κ2) is 6.78. The summed E-state index contributed by atoms with van der Waals surface area (Å²) >= 11 is 6.14. The lowest BCUT2D eigenvalue weighted by Crippen LogP contribution is -2.16. The van der Waals surface area contributed by atoms with Crippen LogP contribution in [0, 0.1) is 0 Å². The third kappa shape index (κ3) is 4.96. The topological polar surface area (TPSA) is 55.4 Å². The zero-order chi connectivity index (χ0) is 14.6. The molecule has 0 radical (unpaired) electrons. The van der Waals surface area contributed by atoms with Crippen LogP contribution in [-0.4, -0.2) is 32.6 Å². The minimum atomic E-state index is -3.00. The van der Waals surface area contributed by atoms with Gasteiger partial charge in [0.2, 0.25) is 0 Å². The number of nitrogens with one attached hydrogen (secondary N) is 1. The summed E-state index contributed by atoms with van der Waals surface area (Å²) in [6.45, 7) is 2.56. The highest BCUT2D eigenvalue weighted by atomic mass is 35.5. The van der Waals surface area contributed by atoms with Crippen LogP contribution in [-0.2, 0) is 16.4 Å². The number of benzene rings is 1. The van der Waals surface area contributed by atoms with Gasteiger partial charge in [0.25, 0.3) is 0 Å². The molecule has 1 saturated carbocycles. The van der Waals surface area contributed by atoms with Crippen LogP contribution in [0.5, 0.6) is 5.75 Å². The maximum atomic E-state index is 11.4. The van der Waals surface area contributed by atoms with Crippen LogP contribution in [0.4, 0.5) is 0 Å². The quantitative estimate of drug-likeness (QED) is 0.800. The van der Waals surface area contributed by atoms with Crippen molar-refractivity contribution in [1.82, 2.24) is 5.32 Å². The van der Waals surface area contributed by atoms with Gasteiger partial charge in [0, 0.05) is 18.3 Å². The van der Waals surface area contributed by atoms with Gasteiger partial charge in [-0.1, -0.05) is 24.6 Å². The van der Waals surface area contributed by atoms with Crippen molar-refractivity contribution in [3.8, 4) is 5.75 Å². The summed E-state index contributed by atoms with van der Waals surface area (Å²) in [5.74, 6) is 0.689. The fourth-order valence-corrected chi connectivity index (χ4v) is 2.63. The van der Waals surface area contributed by atoms with Crippen molar-refractivity contribution in [3.05, 3.63) is 28.8 Å². The molecule has 112 valence electrons. The number of sulfone groups is 1. The molecule has 0 heterocycles. The van der Waals surface area contributed by atoms with Crippen molar-refractivity contribution in [2.75, 3.05) is 18.1 Å². The number of hydrogen-bond donors (Lipinski definition) is 1. The predicted octanol–water partition coefficient (Wildman–Crippen LogP) is 2.41. The summed E-state index contributed by atoms with van der Waals surface area (Å²) in [5, 5.41) is 3.93. The van der Waals surface area contributed by atoms with Crippen LogP contribution >= 0.6 is 11.6 Å². The Morgan fingerprint density at radius 3 is 2.75 bits per heavy atom. The lowest BCUT2D eigenvalue weighted by atomic mass is 10.2. The van der Waals surface area contributed by atoms with Crippen LogP contribution in [0.25, 0.3) is 0 Å². The van der Waals surface area contributed by atoms with Gasteiger partial charge >= 0.3 is 0 Å². The Labute approximate surface area is 125 Å². The normalized spacial score (nSPS) is 15.3. The van der Waals surface area contributed by atoms with Gasteiger partial charge in [-0.3, -0.25) is 0 Å². The summed E-state index contributed by atoms with van der Waals surface area (Å²) in [6.07, 6.45) is 2.50. The van der Waals surface area contributed by atoms with Gasteiger partial charge in [0.1, 0.15) is 12.4 Å². The van der Waals surface area contributed by atoms with E-state index >= 15 is 0 Å². The van der Waals surface area contributed by atoms with E-state index in [-0.39, 0.29) is 18.1 Å². The van der Waals surface area contributed by atoms with E-state index in [1.54, 1.807) is 13.0 Å². The Bertz CT molecular complexity index is 556. The van der Waals surface area contributed by atoms with Crippen LogP contribution in [0.15, 0.2) is 18.2 Å². The van der Waals surface area contributed by atoms with Gasteiger partial charge < -0.3 is 10.1 Å². The molecule has 1 N–H and O–H groups in total. The molecule has 6 heteroatoms. The minimum Gasteiger partial charge on any atom is -0.491 e. The third-order valence-corrected chi connectivity index (χ3v) is 5.22. The van der Waals surface area contributed by atoms with E-state index < -0.39 is 9.84 Å². The Morgan fingerprint density at radius 2 is 2.15 bits per heavy atom. The molecule has 0 spiro atoms. The van der Waals surface area contributed by atoms with Gasteiger partial charge in [-0.2, -0.15) is 0 Å². The average Bonchev–Trinajstić information content (AvgIpc) is 3.23. The van der Waals surface area contributed by atoms with Crippen molar-refractivity contribution in [3.63, 3.8) is 0 Å². The van der Waals surface area contributed by atoms with Crippen LogP contribution in [0.1, 0.15) is 25.3 Å². The Hall–Kier alpha value is -0.780. The Balaban J connectivity index is 1.85. The SMILES string of the molecule is CCS(=O)(=O)CCOc1ccc(CNC2CC2)cc1Cl. The van der Waals surface area contributed by atoms with E-state index in [1.165, 1.54) is 12.8 Å². The highest BCUT2D eigenvalue weighted by Crippen LogP contribution is 2.26. The van der Waals surface area contributed by atoms with Crippen molar-refractivity contribution in [2.24, 2.45) is 0 Å². The van der Waals surface area contributed by atoms with E-state index in [2.05, 4.69) is 5.32 Å². The highest BCUT2D eigenvalue weighted by molar-refractivity contribution is 7.91. The largest absolute Gasteiger partial charge is 0.491 e. The summed E-state index contributed by atoms with van der Waals surface area (Å²) < 4.78 is 28.2. The van der Waals surface area contributed by atoms with E-state index in [0.717, 1.165) is 12.1 Å². The zero-order valence-corrected chi connectivity index (χ0v) is 13.1. The maximum Gasteiger partial charge on any atom is 0.153 e.